The molecule has 0 unspecified atom stereocenters. The molecule has 0 spiro atoms. The summed E-state index contributed by atoms with van der Waals surface area (Å²) in [5, 5.41) is 15.4. The number of benzene rings is 1. The molecule has 1 amide bonds. The zero-order valence-corrected chi connectivity index (χ0v) is 15.9. The van der Waals surface area contributed by atoms with Crippen molar-refractivity contribution in [2.24, 2.45) is 0 Å². The second-order valence-electron chi connectivity index (χ2n) is 6.31. The number of hydrogen-bond donors (Lipinski definition) is 1. The SMILES string of the molecule is CCn1ncc(NC(=O)Cn2nc(C)c(-c3cccc(C(C)=O)c3)c2C)n1. The monoisotopic (exact) mass is 366 g/mol. The zero-order chi connectivity index (χ0) is 19.6. The van der Waals surface area contributed by atoms with E-state index in [-0.39, 0.29) is 18.2 Å². The number of ketones is 1. The molecule has 8 nitrogen and oxygen atoms in total. The highest BCUT2D eigenvalue weighted by molar-refractivity contribution is 5.95. The van der Waals surface area contributed by atoms with Gasteiger partial charge in [-0.2, -0.15) is 15.0 Å². The number of nitrogens with zero attached hydrogens (tertiary/aromatic N) is 5. The van der Waals surface area contributed by atoms with E-state index in [1.165, 1.54) is 11.0 Å². The van der Waals surface area contributed by atoms with E-state index in [1.807, 2.05) is 39.0 Å². The van der Waals surface area contributed by atoms with Crippen LogP contribution in [0.3, 0.4) is 0 Å². The van der Waals surface area contributed by atoms with E-state index in [0.717, 1.165) is 22.5 Å². The number of nitrogens with one attached hydrogen (secondary N) is 1. The average molecular weight is 366 g/mol. The lowest BCUT2D eigenvalue weighted by Crippen LogP contribution is -2.20. The molecule has 0 fully saturated rings. The summed E-state index contributed by atoms with van der Waals surface area (Å²) >= 11 is 0. The lowest BCUT2D eigenvalue weighted by molar-refractivity contribution is -0.117. The van der Waals surface area contributed by atoms with E-state index in [9.17, 15) is 9.59 Å². The molecular weight excluding hydrogens is 344 g/mol. The van der Waals surface area contributed by atoms with Gasteiger partial charge in [-0.05, 0) is 39.3 Å². The van der Waals surface area contributed by atoms with Crippen LogP contribution in [0.2, 0.25) is 0 Å². The van der Waals surface area contributed by atoms with Crippen LogP contribution in [0.5, 0.6) is 0 Å². The van der Waals surface area contributed by atoms with Gasteiger partial charge in [0.15, 0.2) is 11.6 Å². The first-order valence-electron chi connectivity index (χ1n) is 8.74. The second-order valence-corrected chi connectivity index (χ2v) is 6.31. The Balaban J connectivity index is 1.82. The van der Waals surface area contributed by atoms with Gasteiger partial charge in [0.25, 0.3) is 0 Å². The molecule has 0 aliphatic rings. The third kappa shape index (κ3) is 3.94. The van der Waals surface area contributed by atoms with Crippen molar-refractivity contribution in [3.8, 4) is 11.1 Å². The van der Waals surface area contributed by atoms with Crippen molar-refractivity contribution in [1.29, 1.82) is 0 Å². The van der Waals surface area contributed by atoms with Crippen molar-refractivity contribution in [2.75, 3.05) is 5.32 Å². The molecule has 1 N–H and O–H groups in total. The zero-order valence-electron chi connectivity index (χ0n) is 15.9. The van der Waals surface area contributed by atoms with Crippen LogP contribution in [0, 0.1) is 13.8 Å². The van der Waals surface area contributed by atoms with Gasteiger partial charge < -0.3 is 5.32 Å². The summed E-state index contributed by atoms with van der Waals surface area (Å²) in [4.78, 5) is 25.5. The summed E-state index contributed by atoms with van der Waals surface area (Å²) in [6.45, 7) is 7.97. The van der Waals surface area contributed by atoms with E-state index in [4.69, 9.17) is 0 Å². The van der Waals surface area contributed by atoms with E-state index < -0.39 is 0 Å². The quantitative estimate of drug-likeness (QED) is 0.677. The molecule has 0 saturated carbocycles. The van der Waals surface area contributed by atoms with Crippen LogP contribution in [0.4, 0.5) is 5.82 Å². The minimum Gasteiger partial charge on any atom is -0.306 e. The smallest absolute Gasteiger partial charge is 0.247 e. The maximum absolute atomic E-state index is 12.3. The molecule has 1 aromatic carbocycles. The van der Waals surface area contributed by atoms with Crippen molar-refractivity contribution in [2.45, 2.75) is 40.8 Å². The second kappa shape index (κ2) is 7.53. The normalized spacial score (nSPS) is 10.8. The predicted octanol–water partition coefficient (Wildman–Crippen LogP) is 2.62. The number of amides is 1. The number of Topliss-reactive ketones (excluding diaryl/α,β-unsaturated/α-hetero) is 1. The molecule has 140 valence electrons. The van der Waals surface area contributed by atoms with Crippen LogP contribution >= 0.6 is 0 Å². The molecule has 0 bridgehead atoms. The van der Waals surface area contributed by atoms with Crippen molar-refractivity contribution in [3.63, 3.8) is 0 Å². The topological polar surface area (TPSA) is 94.7 Å². The number of rotatable bonds is 6. The van der Waals surface area contributed by atoms with Crippen LogP contribution < -0.4 is 5.32 Å². The summed E-state index contributed by atoms with van der Waals surface area (Å²) in [7, 11) is 0. The summed E-state index contributed by atoms with van der Waals surface area (Å²) in [5.41, 5.74) is 4.16. The highest BCUT2D eigenvalue weighted by atomic mass is 16.2. The van der Waals surface area contributed by atoms with Crippen LogP contribution in [-0.4, -0.2) is 36.5 Å². The summed E-state index contributed by atoms with van der Waals surface area (Å²) in [6.07, 6.45) is 1.52. The molecule has 0 aliphatic carbocycles. The van der Waals surface area contributed by atoms with E-state index >= 15 is 0 Å². The Kier molecular flexibility index (Phi) is 5.16. The Labute approximate surface area is 157 Å². The molecule has 0 atom stereocenters. The minimum absolute atomic E-state index is 0.0130. The molecule has 3 rings (SSSR count). The number of aryl methyl sites for hydroxylation is 2. The van der Waals surface area contributed by atoms with Crippen LogP contribution in [0.15, 0.2) is 30.5 Å². The van der Waals surface area contributed by atoms with Crippen LogP contribution in [-0.2, 0) is 17.9 Å². The molecule has 3 aromatic rings. The maximum atomic E-state index is 12.3. The summed E-state index contributed by atoms with van der Waals surface area (Å²) in [6, 6.07) is 7.44. The van der Waals surface area contributed by atoms with Crippen LogP contribution in [0.1, 0.15) is 35.6 Å². The summed E-state index contributed by atoms with van der Waals surface area (Å²) in [5.74, 6) is 0.199. The molecular formula is C19H22N6O2. The Morgan fingerprint density at radius 1 is 1.19 bits per heavy atom. The first-order valence-corrected chi connectivity index (χ1v) is 8.74. The van der Waals surface area contributed by atoms with Gasteiger partial charge in [-0.15, -0.1) is 5.10 Å². The molecule has 27 heavy (non-hydrogen) atoms. The molecule has 0 saturated heterocycles. The number of carbonyl (C=O) groups is 2. The minimum atomic E-state index is -0.229. The molecule has 2 aromatic heterocycles. The highest BCUT2D eigenvalue weighted by Crippen LogP contribution is 2.27. The summed E-state index contributed by atoms with van der Waals surface area (Å²) < 4.78 is 1.66. The van der Waals surface area contributed by atoms with E-state index in [0.29, 0.717) is 17.9 Å². The lowest BCUT2D eigenvalue weighted by atomic mass is 10.0. The van der Waals surface area contributed by atoms with Crippen molar-refractivity contribution >= 4 is 17.5 Å². The third-order valence-electron chi connectivity index (χ3n) is 4.32. The highest BCUT2D eigenvalue weighted by Gasteiger charge is 2.16. The van der Waals surface area contributed by atoms with Crippen molar-refractivity contribution in [1.82, 2.24) is 24.8 Å². The van der Waals surface area contributed by atoms with E-state index in [1.54, 1.807) is 17.7 Å². The van der Waals surface area contributed by atoms with Gasteiger partial charge in [0.2, 0.25) is 5.91 Å². The van der Waals surface area contributed by atoms with Gasteiger partial charge in [-0.3, -0.25) is 14.3 Å². The molecule has 8 heteroatoms. The fourth-order valence-electron chi connectivity index (χ4n) is 2.99. The standard InChI is InChI=1S/C19H22N6O2/c1-5-25-20-10-17(23-25)21-18(27)11-24-13(3)19(12(2)22-24)16-8-6-7-15(9-16)14(4)26/h6-10H,5,11H2,1-4H3,(H,21,23,27). The van der Waals surface area contributed by atoms with Gasteiger partial charge in [0, 0.05) is 16.8 Å². The van der Waals surface area contributed by atoms with Gasteiger partial charge in [-0.25, -0.2) is 0 Å². The maximum Gasteiger partial charge on any atom is 0.247 e. The Bertz CT molecular complexity index is 1000. The molecule has 0 radical (unpaired) electrons. The molecule has 0 aliphatic heterocycles. The van der Waals surface area contributed by atoms with E-state index in [2.05, 4.69) is 20.6 Å². The van der Waals surface area contributed by atoms with Gasteiger partial charge >= 0.3 is 0 Å². The number of carbonyl (C=O) groups excluding carboxylic acids is 2. The largest absolute Gasteiger partial charge is 0.306 e. The Morgan fingerprint density at radius 3 is 2.63 bits per heavy atom. The number of hydrogen-bond acceptors (Lipinski definition) is 5. The number of aromatic nitrogens is 5. The first-order chi connectivity index (χ1) is 12.9. The molecule has 2 heterocycles. The third-order valence-corrected chi connectivity index (χ3v) is 4.32. The Morgan fingerprint density at radius 2 is 1.96 bits per heavy atom. The van der Waals surface area contributed by atoms with Gasteiger partial charge in [0.05, 0.1) is 18.4 Å². The number of anilines is 1. The lowest BCUT2D eigenvalue weighted by Gasteiger charge is -2.06. The van der Waals surface area contributed by atoms with Crippen molar-refractivity contribution in [3.05, 3.63) is 47.4 Å². The average Bonchev–Trinajstić information content (AvgIpc) is 3.19. The fourth-order valence-corrected chi connectivity index (χ4v) is 2.99. The first kappa shape index (κ1) is 18.5. The van der Waals surface area contributed by atoms with Crippen LogP contribution in [0.25, 0.3) is 11.1 Å². The van der Waals surface area contributed by atoms with Gasteiger partial charge in [0.1, 0.15) is 6.54 Å². The van der Waals surface area contributed by atoms with Gasteiger partial charge in [-0.1, -0.05) is 18.2 Å². The van der Waals surface area contributed by atoms with Crippen molar-refractivity contribution < 1.29 is 9.59 Å². The fraction of sp³-hybridized carbons (Fsp3) is 0.316. The predicted molar refractivity (Wildman–Crippen MR) is 101 cm³/mol. The Hall–Kier alpha value is -3.29.